The van der Waals surface area contributed by atoms with Crippen LogP contribution in [0.15, 0.2) is 29.8 Å². The third kappa shape index (κ3) is 2.89. The molecule has 1 aliphatic carbocycles. The summed E-state index contributed by atoms with van der Waals surface area (Å²) in [6.07, 6.45) is 3.81. The Labute approximate surface area is 124 Å². The molecular formula is C17H20O4. The topological polar surface area (TPSA) is 44.8 Å². The van der Waals surface area contributed by atoms with Crippen LogP contribution in [0.1, 0.15) is 45.1 Å². The van der Waals surface area contributed by atoms with Gasteiger partial charge < -0.3 is 14.2 Å². The van der Waals surface area contributed by atoms with Gasteiger partial charge >= 0.3 is 5.97 Å². The summed E-state index contributed by atoms with van der Waals surface area (Å²) in [4.78, 5) is 12.3. The molecule has 4 heteroatoms. The molecule has 112 valence electrons. The van der Waals surface area contributed by atoms with Crippen LogP contribution in [-0.2, 0) is 9.53 Å². The van der Waals surface area contributed by atoms with E-state index in [1.165, 1.54) is 0 Å². The Kier molecular flexibility index (Phi) is 3.40. The molecule has 0 N–H and O–H groups in total. The zero-order chi connectivity index (χ0) is 15.0. The third-order valence-corrected chi connectivity index (χ3v) is 3.63. The van der Waals surface area contributed by atoms with Crippen molar-refractivity contribution >= 4 is 5.97 Å². The van der Waals surface area contributed by atoms with E-state index in [9.17, 15) is 4.79 Å². The highest BCUT2D eigenvalue weighted by molar-refractivity contribution is 5.91. The Morgan fingerprint density at radius 1 is 1.24 bits per heavy atom. The smallest absolute Gasteiger partial charge is 0.334 e. The number of hydrogen-bond acceptors (Lipinski definition) is 4. The number of carbonyl (C=O) groups excluding carboxylic acids is 1. The van der Waals surface area contributed by atoms with Gasteiger partial charge in [-0.3, -0.25) is 0 Å². The van der Waals surface area contributed by atoms with Gasteiger partial charge in [-0.2, -0.15) is 0 Å². The highest BCUT2D eigenvalue weighted by atomic mass is 16.7. The fourth-order valence-electron chi connectivity index (χ4n) is 2.74. The number of esters is 1. The van der Waals surface area contributed by atoms with Crippen LogP contribution in [-0.4, -0.2) is 18.4 Å². The van der Waals surface area contributed by atoms with Crippen molar-refractivity contribution < 1.29 is 19.0 Å². The van der Waals surface area contributed by atoms with Crippen LogP contribution in [0.4, 0.5) is 0 Å². The molecule has 1 aromatic rings. The van der Waals surface area contributed by atoms with Crippen LogP contribution in [0.25, 0.3) is 0 Å². The van der Waals surface area contributed by atoms with Crippen molar-refractivity contribution in [2.75, 3.05) is 6.79 Å². The average Bonchev–Trinajstić information content (AvgIpc) is 3.04. The summed E-state index contributed by atoms with van der Waals surface area (Å²) in [5.74, 6) is 1.37. The molecule has 1 aromatic carbocycles. The van der Waals surface area contributed by atoms with E-state index in [4.69, 9.17) is 14.2 Å². The highest BCUT2D eigenvalue weighted by Crippen LogP contribution is 2.41. The lowest BCUT2D eigenvalue weighted by molar-refractivity contribution is -0.150. The molecule has 0 radical (unpaired) electrons. The second kappa shape index (κ2) is 5.10. The molecule has 4 nitrogen and oxygen atoms in total. The molecule has 1 heterocycles. The van der Waals surface area contributed by atoms with Crippen molar-refractivity contribution in [3.8, 4) is 11.5 Å². The molecule has 1 atom stereocenters. The van der Waals surface area contributed by atoms with E-state index < -0.39 is 5.60 Å². The van der Waals surface area contributed by atoms with E-state index in [2.05, 4.69) is 0 Å². The van der Waals surface area contributed by atoms with Crippen molar-refractivity contribution in [2.24, 2.45) is 0 Å². The molecule has 0 saturated heterocycles. The van der Waals surface area contributed by atoms with Crippen LogP contribution in [0.5, 0.6) is 11.5 Å². The number of ether oxygens (including phenoxy) is 3. The van der Waals surface area contributed by atoms with Gasteiger partial charge in [0.05, 0.1) is 0 Å². The van der Waals surface area contributed by atoms with Crippen LogP contribution in [0.3, 0.4) is 0 Å². The van der Waals surface area contributed by atoms with Gasteiger partial charge in [0, 0.05) is 11.5 Å². The van der Waals surface area contributed by atoms with Gasteiger partial charge in [-0.15, -0.1) is 0 Å². The number of fused-ring (bicyclic) bond motifs is 1. The second-order valence-corrected chi connectivity index (χ2v) is 6.40. The van der Waals surface area contributed by atoms with Gasteiger partial charge in [-0.1, -0.05) is 12.1 Å². The Bertz CT molecular complexity index is 595. The summed E-state index contributed by atoms with van der Waals surface area (Å²) in [5, 5.41) is 0. The first kappa shape index (κ1) is 14.0. The molecule has 21 heavy (non-hydrogen) atoms. The summed E-state index contributed by atoms with van der Waals surface area (Å²) in [6, 6.07) is 5.88. The fraction of sp³-hybridized carbons (Fsp3) is 0.471. The first-order valence-electron chi connectivity index (χ1n) is 7.27. The Balaban J connectivity index is 1.82. The Morgan fingerprint density at radius 2 is 2.00 bits per heavy atom. The molecule has 0 spiro atoms. The minimum atomic E-state index is -0.472. The number of benzene rings is 1. The molecule has 0 saturated carbocycles. The summed E-state index contributed by atoms with van der Waals surface area (Å²) in [5.41, 5.74) is 1.36. The fourth-order valence-corrected chi connectivity index (χ4v) is 2.74. The largest absolute Gasteiger partial charge is 0.457 e. The molecule has 1 unspecified atom stereocenters. The van der Waals surface area contributed by atoms with E-state index in [1.54, 1.807) is 0 Å². The SMILES string of the molecule is CC(C)(C)OC(=O)C1=CCCC1c1ccc2c(c1)OCO2. The van der Waals surface area contributed by atoms with Crippen molar-refractivity contribution in [3.63, 3.8) is 0 Å². The van der Waals surface area contributed by atoms with Crippen molar-refractivity contribution in [3.05, 3.63) is 35.4 Å². The van der Waals surface area contributed by atoms with Gasteiger partial charge in [0.15, 0.2) is 11.5 Å². The van der Waals surface area contributed by atoms with Gasteiger partial charge in [-0.25, -0.2) is 4.79 Å². The van der Waals surface area contributed by atoms with E-state index >= 15 is 0 Å². The molecule has 0 amide bonds. The molecule has 3 rings (SSSR count). The molecule has 0 fully saturated rings. The molecular weight excluding hydrogens is 268 g/mol. The average molecular weight is 288 g/mol. The summed E-state index contributed by atoms with van der Waals surface area (Å²) >= 11 is 0. The normalized spacial score (nSPS) is 20.3. The van der Waals surface area contributed by atoms with Crippen molar-refractivity contribution in [1.29, 1.82) is 0 Å². The summed E-state index contributed by atoms with van der Waals surface area (Å²) in [7, 11) is 0. The monoisotopic (exact) mass is 288 g/mol. The highest BCUT2D eigenvalue weighted by Gasteiger charge is 2.30. The number of rotatable bonds is 2. The molecule has 2 aliphatic rings. The number of hydrogen-bond donors (Lipinski definition) is 0. The number of allylic oxidation sites excluding steroid dienone is 1. The lowest BCUT2D eigenvalue weighted by Crippen LogP contribution is -2.25. The van der Waals surface area contributed by atoms with Crippen molar-refractivity contribution in [2.45, 2.75) is 45.1 Å². The molecule has 0 bridgehead atoms. The summed E-state index contributed by atoms with van der Waals surface area (Å²) < 4.78 is 16.2. The first-order chi connectivity index (χ1) is 9.94. The van der Waals surface area contributed by atoms with E-state index in [-0.39, 0.29) is 18.7 Å². The van der Waals surface area contributed by atoms with E-state index in [0.717, 1.165) is 35.5 Å². The van der Waals surface area contributed by atoms with E-state index in [0.29, 0.717) is 0 Å². The van der Waals surface area contributed by atoms with Gasteiger partial charge in [0.1, 0.15) is 5.60 Å². The van der Waals surface area contributed by atoms with Gasteiger partial charge in [0.2, 0.25) is 6.79 Å². The Morgan fingerprint density at radius 3 is 2.76 bits per heavy atom. The van der Waals surface area contributed by atoms with Gasteiger partial charge in [0.25, 0.3) is 0 Å². The first-order valence-corrected chi connectivity index (χ1v) is 7.27. The minimum Gasteiger partial charge on any atom is -0.457 e. The predicted octanol–water partition coefficient (Wildman–Crippen LogP) is 3.56. The van der Waals surface area contributed by atoms with Gasteiger partial charge in [-0.05, 0) is 51.3 Å². The van der Waals surface area contributed by atoms with E-state index in [1.807, 2.05) is 45.0 Å². The van der Waals surface area contributed by atoms with Crippen LogP contribution in [0, 0.1) is 0 Å². The maximum atomic E-state index is 12.3. The van der Waals surface area contributed by atoms with Crippen molar-refractivity contribution in [1.82, 2.24) is 0 Å². The lowest BCUT2D eigenvalue weighted by atomic mass is 9.92. The minimum absolute atomic E-state index is 0.0781. The molecule has 1 aliphatic heterocycles. The Hall–Kier alpha value is -1.97. The van der Waals surface area contributed by atoms with Crippen LogP contribution < -0.4 is 9.47 Å². The zero-order valence-electron chi connectivity index (χ0n) is 12.6. The van der Waals surface area contributed by atoms with Crippen LogP contribution in [0.2, 0.25) is 0 Å². The maximum Gasteiger partial charge on any atom is 0.334 e. The zero-order valence-corrected chi connectivity index (χ0v) is 12.6. The summed E-state index contributed by atoms with van der Waals surface area (Å²) in [6.45, 7) is 5.92. The maximum absolute atomic E-state index is 12.3. The van der Waals surface area contributed by atoms with Crippen LogP contribution >= 0.6 is 0 Å². The quantitative estimate of drug-likeness (QED) is 0.781. The lowest BCUT2D eigenvalue weighted by Gasteiger charge is -2.22. The standard InChI is InChI=1S/C17H20O4/c1-17(2,3)21-16(18)13-6-4-5-12(13)11-7-8-14-15(9-11)20-10-19-14/h6-9,12H,4-5,10H2,1-3H3. The number of carbonyl (C=O) groups is 1. The molecule has 0 aromatic heterocycles. The third-order valence-electron chi connectivity index (χ3n) is 3.63. The second-order valence-electron chi connectivity index (χ2n) is 6.40. The predicted molar refractivity (Wildman–Crippen MR) is 78.5 cm³/mol.